The summed E-state index contributed by atoms with van der Waals surface area (Å²) in [7, 11) is -3.68. The summed E-state index contributed by atoms with van der Waals surface area (Å²) in [6.45, 7) is 6.10. The van der Waals surface area contributed by atoms with Gasteiger partial charge in [0.15, 0.2) is 0 Å². The lowest BCUT2D eigenvalue weighted by Crippen LogP contribution is -2.27. The monoisotopic (exact) mass is 365 g/mol. The zero-order chi connectivity index (χ0) is 19.0. The van der Waals surface area contributed by atoms with Gasteiger partial charge >= 0.3 is 0 Å². The van der Waals surface area contributed by atoms with Crippen LogP contribution in [0.15, 0.2) is 76.9 Å². The second-order valence-electron chi connectivity index (χ2n) is 6.13. The number of hydrogen-bond donors (Lipinski definition) is 0. The van der Waals surface area contributed by atoms with Crippen LogP contribution in [0.1, 0.15) is 31.4 Å². The Labute approximate surface area is 156 Å². The van der Waals surface area contributed by atoms with Gasteiger partial charge in [-0.3, -0.25) is 0 Å². The first-order valence-electron chi connectivity index (χ1n) is 8.44. The predicted octanol–water partition coefficient (Wildman–Crippen LogP) is 4.51. The third kappa shape index (κ3) is 5.67. The van der Waals surface area contributed by atoms with E-state index in [1.165, 1.54) is 4.31 Å². The van der Waals surface area contributed by atoms with Crippen LogP contribution in [0.25, 0.3) is 0 Å². The summed E-state index contributed by atoms with van der Waals surface area (Å²) in [5.41, 5.74) is 5.93. The third-order valence-corrected chi connectivity index (χ3v) is 5.30. The van der Waals surface area contributed by atoms with E-state index in [1.54, 1.807) is 24.3 Å². The van der Waals surface area contributed by atoms with E-state index in [9.17, 15) is 8.42 Å². The predicted molar refractivity (Wildman–Crippen MR) is 106 cm³/mol. The van der Waals surface area contributed by atoms with Gasteiger partial charge in [0.1, 0.15) is 0 Å². The van der Waals surface area contributed by atoms with Crippen LogP contribution in [0.5, 0.6) is 0 Å². The van der Waals surface area contributed by atoms with E-state index in [0.717, 1.165) is 16.7 Å². The van der Waals surface area contributed by atoms with Crippen molar-refractivity contribution in [3.8, 4) is 12.0 Å². The zero-order valence-corrected chi connectivity index (χ0v) is 16.2. The maximum atomic E-state index is 13.0. The van der Waals surface area contributed by atoms with Gasteiger partial charge in [0.2, 0.25) is 0 Å². The molecule has 2 aromatic carbocycles. The van der Waals surface area contributed by atoms with E-state index in [2.05, 4.69) is 17.7 Å². The molecule has 26 heavy (non-hydrogen) atoms. The molecule has 0 N–H and O–H groups in total. The highest BCUT2D eigenvalue weighted by Gasteiger charge is 2.21. The van der Waals surface area contributed by atoms with E-state index in [1.807, 2.05) is 57.2 Å². The van der Waals surface area contributed by atoms with Gasteiger partial charge in [-0.15, -0.1) is 5.73 Å². The first-order chi connectivity index (χ1) is 12.4. The molecule has 2 aromatic rings. The van der Waals surface area contributed by atoms with Gasteiger partial charge in [-0.25, -0.2) is 12.7 Å². The second kappa shape index (κ2) is 9.10. The average molecular weight is 365 g/mol. The molecule has 0 atom stereocenters. The summed E-state index contributed by atoms with van der Waals surface area (Å²) in [4.78, 5) is 0.247. The Morgan fingerprint density at radius 1 is 1.04 bits per heavy atom. The quantitative estimate of drug-likeness (QED) is 0.444. The molecule has 0 aliphatic heterocycles. The Hall–Kier alpha value is -2.73. The lowest BCUT2D eigenvalue weighted by Gasteiger charge is -2.17. The van der Waals surface area contributed by atoms with Crippen LogP contribution in [0.2, 0.25) is 0 Å². The molecule has 0 aliphatic carbocycles. The van der Waals surface area contributed by atoms with Gasteiger partial charge in [-0.05, 0) is 69.0 Å². The number of rotatable bonds is 5. The van der Waals surface area contributed by atoms with Gasteiger partial charge in [0, 0.05) is 18.2 Å². The molecule has 0 radical (unpaired) electrons. The van der Waals surface area contributed by atoms with Crippen LogP contribution >= 0.6 is 0 Å². The summed E-state index contributed by atoms with van der Waals surface area (Å²) in [6.07, 6.45) is 2.39. The molecule has 4 heteroatoms. The van der Waals surface area contributed by atoms with Gasteiger partial charge in [-0.2, -0.15) is 0 Å². The van der Waals surface area contributed by atoms with E-state index in [0.29, 0.717) is 6.42 Å². The van der Waals surface area contributed by atoms with E-state index in [-0.39, 0.29) is 11.4 Å². The summed E-state index contributed by atoms with van der Waals surface area (Å²) in [6, 6.07) is 19.0. The van der Waals surface area contributed by atoms with Gasteiger partial charge in [0.05, 0.1) is 4.90 Å². The molecular formula is C22H23NO2S. The molecule has 134 valence electrons. The number of aryl methyl sites for hydroxylation is 1. The van der Waals surface area contributed by atoms with Crippen LogP contribution in [0.3, 0.4) is 0 Å². The molecule has 0 saturated carbocycles. The Bertz CT molecular complexity index is 952. The van der Waals surface area contributed by atoms with Crippen molar-refractivity contribution in [3.05, 3.63) is 83.1 Å². The van der Waals surface area contributed by atoms with Crippen LogP contribution in [-0.2, 0) is 10.0 Å². The molecule has 0 amide bonds. The van der Waals surface area contributed by atoms with Gasteiger partial charge in [0.25, 0.3) is 10.0 Å². The molecule has 0 aromatic heterocycles. The summed E-state index contributed by atoms with van der Waals surface area (Å²) < 4.78 is 27.2. The fourth-order valence-corrected chi connectivity index (χ4v) is 3.43. The van der Waals surface area contributed by atoms with Gasteiger partial charge in [-0.1, -0.05) is 35.9 Å². The Kier molecular flexibility index (Phi) is 6.86. The molecule has 3 nitrogen and oxygen atoms in total. The highest BCUT2D eigenvalue weighted by molar-refractivity contribution is 7.89. The molecular weight excluding hydrogens is 342 g/mol. The molecule has 0 bridgehead atoms. The molecule has 0 spiro atoms. The molecule has 0 saturated heterocycles. The minimum Gasteiger partial charge on any atom is -0.224 e. The normalized spacial score (nSPS) is 10.3. The van der Waals surface area contributed by atoms with Crippen LogP contribution < -0.4 is 0 Å². The summed E-state index contributed by atoms with van der Waals surface area (Å²) >= 11 is 0. The van der Waals surface area contributed by atoms with Crippen molar-refractivity contribution >= 4 is 10.0 Å². The molecule has 0 fully saturated rings. The first kappa shape index (κ1) is 19.6. The molecule has 0 heterocycles. The highest BCUT2D eigenvalue weighted by atomic mass is 32.2. The lowest BCUT2D eigenvalue weighted by molar-refractivity contribution is 0.514. The van der Waals surface area contributed by atoms with E-state index < -0.39 is 10.0 Å². The Balaban J connectivity index is 2.34. The number of hydrogen-bond acceptors (Lipinski definition) is 2. The fourth-order valence-electron chi connectivity index (χ4n) is 2.18. The number of benzene rings is 2. The van der Waals surface area contributed by atoms with Crippen molar-refractivity contribution in [2.75, 3.05) is 6.54 Å². The van der Waals surface area contributed by atoms with Crippen LogP contribution in [0, 0.1) is 18.9 Å². The van der Waals surface area contributed by atoms with Crippen molar-refractivity contribution < 1.29 is 8.42 Å². The van der Waals surface area contributed by atoms with Gasteiger partial charge < -0.3 is 0 Å². The van der Waals surface area contributed by atoms with Crippen molar-refractivity contribution in [3.63, 3.8) is 0 Å². The van der Waals surface area contributed by atoms with Crippen molar-refractivity contribution in [2.24, 2.45) is 0 Å². The number of sulfonamides is 1. The van der Waals surface area contributed by atoms with Crippen molar-refractivity contribution in [1.29, 1.82) is 0 Å². The minimum absolute atomic E-state index is 0.247. The molecule has 0 unspecified atom stereocenters. The summed E-state index contributed by atoms with van der Waals surface area (Å²) in [5.74, 6) is 2.94. The Morgan fingerprint density at radius 3 is 2.31 bits per heavy atom. The Morgan fingerprint density at radius 2 is 1.69 bits per heavy atom. The van der Waals surface area contributed by atoms with Crippen LogP contribution in [0.4, 0.5) is 0 Å². The SMILES string of the molecule is CC(C)=C=CCCN(C#Cc1ccccc1)S(=O)(=O)c1ccc(C)cc1. The van der Waals surface area contributed by atoms with Crippen LogP contribution in [-0.4, -0.2) is 19.3 Å². The topological polar surface area (TPSA) is 37.4 Å². The largest absolute Gasteiger partial charge is 0.270 e. The summed E-state index contributed by atoms with van der Waals surface area (Å²) in [5, 5.41) is 0. The van der Waals surface area contributed by atoms with Crippen molar-refractivity contribution in [1.82, 2.24) is 4.31 Å². The number of nitrogens with zero attached hydrogens (tertiary/aromatic N) is 1. The van der Waals surface area contributed by atoms with E-state index >= 15 is 0 Å². The maximum absolute atomic E-state index is 13.0. The lowest BCUT2D eigenvalue weighted by atomic mass is 10.2. The smallest absolute Gasteiger partial charge is 0.224 e. The molecule has 2 rings (SSSR count). The average Bonchev–Trinajstić information content (AvgIpc) is 2.62. The standard InChI is InChI=1S/C22H23NO2S/c1-19(2)9-7-8-17-23(18-16-21-10-5-4-6-11-21)26(24,25)22-14-12-20(3)13-15-22/h4-7,10-15H,8,17H2,1-3H3. The highest BCUT2D eigenvalue weighted by Crippen LogP contribution is 2.16. The second-order valence-corrected chi connectivity index (χ2v) is 7.99. The minimum atomic E-state index is -3.68. The van der Waals surface area contributed by atoms with E-state index in [4.69, 9.17) is 0 Å². The van der Waals surface area contributed by atoms with Crippen molar-refractivity contribution in [2.45, 2.75) is 32.1 Å². The maximum Gasteiger partial charge on any atom is 0.270 e. The fraction of sp³-hybridized carbons (Fsp3) is 0.227. The zero-order valence-electron chi connectivity index (χ0n) is 15.4. The first-order valence-corrected chi connectivity index (χ1v) is 9.88. The molecule has 0 aliphatic rings. The third-order valence-electron chi connectivity index (χ3n) is 3.57.